The standard InChI is InChI=1S/C12H14BrFN2O/c1-8(17)9-2-4-16(5-3-9)12-11(14)6-10(13)7-15-12/h6-7,9H,2-5H2,1H3. The molecular formula is C12H14BrFN2O. The van der Waals surface area contributed by atoms with Gasteiger partial charge in [0.1, 0.15) is 5.78 Å². The molecule has 2 rings (SSSR count). The van der Waals surface area contributed by atoms with Crippen molar-refractivity contribution in [3.63, 3.8) is 0 Å². The lowest BCUT2D eigenvalue weighted by Gasteiger charge is -2.31. The molecular weight excluding hydrogens is 287 g/mol. The highest BCUT2D eigenvalue weighted by Crippen LogP contribution is 2.25. The maximum atomic E-state index is 13.7. The zero-order chi connectivity index (χ0) is 12.4. The Kier molecular flexibility index (Phi) is 3.76. The van der Waals surface area contributed by atoms with Crippen LogP contribution in [-0.2, 0) is 4.79 Å². The van der Waals surface area contributed by atoms with Crippen molar-refractivity contribution in [2.45, 2.75) is 19.8 Å². The van der Waals surface area contributed by atoms with Gasteiger partial charge in [0.15, 0.2) is 11.6 Å². The molecule has 0 N–H and O–H groups in total. The summed E-state index contributed by atoms with van der Waals surface area (Å²) in [5.74, 6) is 0.425. The number of pyridine rings is 1. The van der Waals surface area contributed by atoms with Gasteiger partial charge in [0.25, 0.3) is 0 Å². The molecule has 0 bridgehead atoms. The zero-order valence-corrected chi connectivity index (χ0v) is 11.2. The zero-order valence-electron chi connectivity index (χ0n) is 9.62. The molecule has 1 aromatic rings. The van der Waals surface area contributed by atoms with Gasteiger partial charge in [0, 0.05) is 29.7 Å². The van der Waals surface area contributed by atoms with Gasteiger partial charge in [-0.05, 0) is 41.8 Å². The molecule has 92 valence electrons. The predicted molar refractivity (Wildman–Crippen MR) is 67.5 cm³/mol. The van der Waals surface area contributed by atoms with E-state index in [9.17, 15) is 9.18 Å². The molecule has 0 aromatic carbocycles. The number of Topliss-reactive ketones (excluding diaryl/α,β-unsaturated/α-hetero) is 1. The lowest BCUT2D eigenvalue weighted by molar-refractivity contribution is -0.121. The normalized spacial score (nSPS) is 17.2. The maximum absolute atomic E-state index is 13.7. The number of hydrogen-bond donors (Lipinski definition) is 0. The van der Waals surface area contributed by atoms with Crippen molar-refractivity contribution in [1.29, 1.82) is 0 Å². The first kappa shape index (κ1) is 12.5. The molecule has 0 radical (unpaired) electrons. The highest BCUT2D eigenvalue weighted by molar-refractivity contribution is 9.10. The van der Waals surface area contributed by atoms with Crippen molar-refractivity contribution >= 4 is 27.5 Å². The molecule has 1 aromatic heterocycles. The van der Waals surface area contributed by atoms with Crippen molar-refractivity contribution in [3.05, 3.63) is 22.6 Å². The fourth-order valence-electron chi connectivity index (χ4n) is 2.14. The van der Waals surface area contributed by atoms with E-state index in [1.165, 1.54) is 6.07 Å². The molecule has 0 amide bonds. The van der Waals surface area contributed by atoms with Crippen molar-refractivity contribution in [2.24, 2.45) is 5.92 Å². The number of nitrogens with zero attached hydrogens (tertiary/aromatic N) is 2. The van der Waals surface area contributed by atoms with Crippen LogP contribution in [0.25, 0.3) is 0 Å². The number of piperidine rings is 1. The third-order valence-corrected chi connectivity index (χ3v) is 3.59. The van der Waals surface area contributed by atoms with E-state index < -0.39 is 0 Å². The van der Waals surface area contributed by atoms with Gasteiger partial charge in [0.2, 0.25) is 0 Å². The molecule has 0 saturated carbocycles. The molecule has 5 heteroatoms. The molecule has 1 aliphatic rings. The largest absolute Gasteiger partial charge is 0.354 e. The van der Waals surface area contributed by atoms with Gasteiger partial charge < -0.3 is 4.90 Å². The monoisotopic (exact) mass is 300 g/mol. The summed E-state index contributed by atoms with van der Waals surface area (Å²) in [6, 6.07) is 1.42. The number of ketones is 1. The molecule has 0 aliphatic carbocycles. The van der Waals surface area contributed by atoms with Crippen LogP contribution in [0, 0.1) is 11.7 Å². The first-order valence-corrected chi connectivity index (χ1v) is 6.43. The number of carbonyl (C=O) groups excluding carboxylic acids is 1. The Morgan fingerprint density at radius 3 is 2.71 bits per heavy atom. The average molecular weight is 301 g/mol. The van der Waals surface area contributed by atoms with Gasteiger partial charge >= 0.3 is 0 Å². The fraction of sp³-hybridized carbons (Fsp3) is 0.500. The predicted octanol–water partition coefficient (Wildman–Crippen LogP) is 2.79. The van der Waals surface area contributed by atoms with Crippen molar-refractivity contribution in [3.8, 4) is 0 Å². The Hall–Kier alpha value is -0.970. The summed E-state index contributed by atoms with van der Waals surface area (Å²) in [7, 11) is 0. The molecule has 17 heavy (non-hydrogen) atoms. The second-order valence-corrected chi connectivity index (χ2v) is 5.25. The summed E-state index contributed by atoms with van der Waals surface area (Å²) in [6.07, 6.45) is 3.16. The Balaban J connectivity index is 2.08. The molecule has 2 heterocycles. The van der Waals surface area contributed by atoms with Gasteiger partial charge in [0.05, 0.1) is 0 Å². The average Bonchev–Trinajstić information content (AvgIpc) is 2.29. The van der Waals surface area contributed by atoms with E-state index in [4.69, 9.17) is 0 Å². The highest BCUT2D eigenvalue weighted by atomic mass is 79.9. The molecule has 0 spiro atoms. The van der Waals surface area contributed by atoms with Crippen LogP contribution in [0.4, 0.5) is 10.2 Å². The Bertz CT molecular complexity index is 431. The summed E-state index contributed by atoms with van der Waals surface area (Å²) in [5, 5.41) is 0. The quantitative estimate of drug-likeness (QED) is 0.842. The van der Waals surface area contributed by atoms with Crippen LogP contribution in [0.1, 0.15) is 19.8 Å². The molecule has 0 unspecified atom stereocenters. The molecule has 1 saturated heterocycles. The fourth-order valence-corrected chi connectivity index (χ4v) is 2.44. The van der Waals surface area contributed by atoms with E-state index in [-0.39, 0.29) is 17.5 Å². The first-order valence-electron chi connectivity index (χ1n) is 5.64. The minimum Gasteiger partial charge on any atom is -0.354 e. The van der Waals surface area contributed by atoms with Gasteiger partial charge in [-0.3, -0.25) is 4.79 Å². The number of anilines is 1. The number of aromatic nitrogens is 1. The minimum absolute atomic E-state index is 0.129. The van der Waals surface area contributed by atoms with Gasteiger partial charge in [-0.2, -0.15) is 0 Å². The third-order valence-electron chi connectivity index (χ3n) is 3.16. The first-order chi connectivity index (χ1) is 8.08. The highest BCUT2D eigenvalue weighted by Gasteiger charge is 2.24. The van der Waals surface area contributed by atoms with Gasteiger partial charge in [-0.15, -0.1) is 0 Å². The molecule has 1 fully saturated rings. The number of halogens is 2. The Morgan fingerprint density at radius 2 is 2.18 bits per heavy atom. The third kappa shape index (κ3) is 2.83. The van der Waals surface area contributed by atoms with Crippen LogP contribution in [-0.4, -0.2) is 23.9 Å². The Labute approximate surface area is 108 Å². The lowest BCUT2D eigenvalue weighted by atomic mass is 9.93. The number of carbonyl (C=O) groups is 1. The summed E-state index contributed by atoms with van der Waals surface area (Å²) in [6.45, 7) is 3.00. The Morgan fingerprint density at radius 1 is 1.53 bits per heavy atom. The van der Waals surface area contributed by atoms with Crippen LogP contribution in [0.5, 0.6) is 0 Å². The van der Waals surface area contributed by atoms with E-state index in [1.54, 1.807) is 13.1 Å². The van der Waals surface area contributed by atoms with E-state index in [0.29, 0.717) is 23.4 Å². The summed E-state index contributed by atoms with van der Waals surface area (Å²) in [5.41, 5.74) is 0. The van der Waals surface area contributed by atoms with E-state index >= 15 is 0 Å². The van der Waals surface area contributed by atoms with E-state index in [1.807, 2.05) is 4.90 Å². The summed E-state index contributed by atoms with van der Waals surface area (Å²) in [4.78, 5) is 17.2. The maximum Gasteiger partial charge on any atom is 0.166 e. The number of rotatable bonds is 2. The second kappa shape index (κ2) is 5.12. The molecule has 3 nitrogen and oxygen atoms in total. The molecule has 0 atom stereocenters. The lowest BCUT2D eigenvalue weighted by Crippen LogP contribution is -2.36. The summed E-state index contributed by atoms with van der Waals surface area (Å²) >= 11 is 3.18. The van der Waals surface area contributed by atoms with E-state index in [0.717, 1.165) is 12.8 Å². The minimum atomic E-state index is -0.319. The van der Waals surface area contributed by atoms with Crippen molar-refractivity contribution in [1.82, 2.24) is 4.98 Å². The topological polar surface area (TPSA) is 33.2 Å². The molecule has 1 aliphatic heterocycles. The number of hydrogen-bond acceptors (Lipinski definition) is 3. The van der Waals surface area contributed by atoms with E-state index in [2.05, 4.69) is 20.9 Å². The van der Waals surface area contributed by atoms with Crippen molar-refractivity contribution in [2.75, 3.05) is 18.0 Å². The van der Waals surface area contributed by atoms with Crippen LogP contribution < -0.4 is 4.90 Å². The second-order valence-electron chi connectivity index (χ2n) is 4.33. The summed E-state index contributed by atoms with van der Waals surface area (Å²) < 4.78 is 14.3. The SMILES string of the molecule is CC(=O)C1CCN(c2ncc(Br)cc2F)CC1. The van der Waals surface area contributed by atoms with Gasteiger partial charge in [-0.25, -0.2) is 9.37 Å². The van der Waals surface area contributed by atoms with Gasteiger partial charge in [-0.1, -0.05) is 0 Å². The van der Waals surface area contributed by atoms with Crippen LogP contribution in [0.3, 0.4) is 0 Å². The smallest absolute Gasteiger partial charge is 0.166 e. The van der Waals surface area contributed by atoms with Crippen molar-refractivity contribution < 1.29 is 9.18 Å². The van der Waals surface area contributed by atoms with Crippen LogP contribution in [0.15, 0.2) is 16.7 Å². The van der Waals surface area contributed by atoms with Crippen LogP contribution in [0.2, 0.25) is 0 Å². The van der Waals surface area contributed by atoms with Crippen LogP contribution >= 0.6 is 15.9 Å².